The first kappa shape index (κ1) is 26.4. The number of hydrogen-bond acceptors (Lipinski definition) is 4. The summed E-state index contributed by atoms with van der Waals surface area (Å²) in [5.74, 6) is 2.14. The maximum absolute atomic E-state index is 13.7. The Morgan fingerprint density at radius 1 is 0.902 bits per heavy atom. The number of amides is 2. The number of rotatable bonds is 8. The molecule has 0 radical (unpaired) electrons. The number of piperidine rings is 1. The van der Waals surface area contributed by atoms with E-state index in [1.807, 2.05) is 16.9 Å². The minimum atomic E-state index is -0.202. The van der Waals surface area contributed by atoms with Crippen LogP contribution in [0.15, 0.2) is 73.1 Å². The van der Waals surface area contributed by atoms with Gasteiger partial charge in [0, 0.05) is 57.5 Å². The molecule has 2 unspecified atom stereocenters. The van der Waals surface area contributed by atoms with Crippen molar-refractivity contribution in [2.24, 2.45) is 17.3 Å². The second-order valence-electron chi connectivity index (χ2n) is 12.9. The minimum Gasteiger partial charge on any atom is -0.342 e. The molecule has 3 aliphatic heterocycles. The van der Waals surface area contributed by atoms with Gasteiger partial charge < -0.3 is 14.7 Å². The van der Waals surface area contributed by atoms with Crippen LogP contribution in [0.4, 0.5) is 0 Å². The number of likely N-dealkylation sites (tertiary alicyclic amines) is 3. The van der Waals surface area contributed by atoms with E-state index < -0.39 is 0 Å². The Morgan fingerprint density at radius 2 is 1.66 bits per heavy atom. The molecule has 0 N–H and O–H groups in total. The molecular formula is C34H41N5O2. The first-order chi connectivity index (χ1) is 20.1. The molecule has 2 atom stereocenters. The van der Waals surface area contributed by atoms with Gasteiger partial charge in [-0.1, -0.05) is 42.5 Å². The van der Waals surface area contributed by atoms with Crippen LogP contribution >= 0.6 is 0 Å². The molecular weight excluding hydrogens is 510 g/mol. The van der Waals surface area contributed by atoms with Crippen LogP contribution in [0.25, 0.3) is 5.69 Å². The first-order valence-electron chi connectivity index (χ1n) is 15.5. The van der Waals surface area contributed by atoms with Crippen LogP contribution in [0.3, 0.4) is 0 Å². The summed E-state index contributed by atoms with van der Waals surface area (Å²) in [5.41, 5.74) is 3.35. The minimum absolute atomic E-state index is 0.202. The standard InChI is InChI=1S/C34H41N5O2/c40-32(21-26-7-8-26)38-24-29(31(25-38)28-5-2-1-3-6-28)23-36-18-13-34(14-19-36)15-20-37(33(34)41)22-27-9-11-30(12-10-27)39-17-4-16-35-39/h1-6,9-12,16-17,26,29,31H,7-8,13-15,18-25H2. The van der Waals surface area contributed by atoms with E-state index in [-0.39, 0.29) is 5.41 Å². The van der Waals surface area contributed by atoms with Crippen molar-refractivity contribution in [3.05, 3.63) is 84.2 Å². The Labute approximate surface area is 243 Å². The van der Waals surface area contributed by atoms with Gasteiger partial charge in [0.15, 0.2) is 0 Å². The van der Waals surface area contributed by atoms with Crippen molar-refractivity contribution in [1.29, 1.82) is 0 Å². The van der Waals surface area contributed by atoms with E-state index in [9.17, 15) is 9.59 Å². The topological polar surface area (TPSA) is 61.7 Å². The van der Waals surface area contributed by atoms with Crippen molar-refractivity contribution in [3.63, 3.8) is 0 Å². The molecule has 0 bridgehead atoms. The number of benzene rings is 2. The van der Waals surface area contributed by atoms with Crippen molar-refractivity contribution >= 4 is 11.8 Å². The van der Waals surface area contributed by atoms with E-state index in [1.54, 1.807) is 6.20 Å². The van der Waals surface area contributed by atoms with E-state index in [1.165, 1.54) is 18.4 Å². The normalized spacial score (nSPS) is 24.4. The molecule has 7 heteroatoms. The fourth-order valence-corrected chi connectivity index (χ4v) is 7.43. The summed E-state index contributed by atoms with van der Waals surface area (Å²) in [6.07, 6.45) is 9.72. The maximum Gasteiger partial charge on any atom is 0.229 e. The molecule has 1 aromatic heterocycles. The molecule has 7 rings (SSSR count). The van der Waals surface area contributed by atoms with Crippen LogP contribution in [-0.4, -0.2) is 75.6 Å². The maximum atomic E-state index is 13.7. The summed E-state index contributed by atoms with van der Waals surface area (Å²) in [6, 6.07) is 21.1. The van der Waals surface area contributed by atoms with E-state index in [2.05, 4.69) is 74.4 Å². The third kappa shape index (κ3) is 5.56. The lowest BCUT2D eigenvalue weighted by molar-refractivity contribution is -0.139. The monoisotopic (exact) mass is 551 g/mol. The summed E-state index contributed by atoms with van der Waals surface area (Å²) in [6.45, 7) is 6.15. The summed E-state index contributed by atoms with van der Waals surface area (Å²) < 4.78 is 1.85. The van der Waals surface area contributed by atoms with Gasteiger partial charge in [-0.15, -0.1) is 0 Å². The number of aromatic nitrogens is 2. The van der Waals surface area contributed by atoms with Crippen molar-refractivity contribution in [2.45, 2.75) is 51.0 Å². The molecule has 1 spiro atoms. The zero-order chi connectivity index (χ0) is 27.8. The fourth-order valence-electron chi connectivity index (χ4n) is 7.43. The number of hydrogen-bond donors (Lipinski definition) is 0. The molecule has 3 aromatic rings. The largest absolute Gasteiger partial charge is 0.342 e. The SMILES string of the molecule is O=C(CC1CC1)N1CC(CN2CCC3(CC2)CCN(Cc2ccc(-n4cccn4)cc2)C3=O)C(c2ccccc2)C1. The highest BCUT2D eigenvalue weighted by molar-refractivity contribution is 5.85. The van der Waals surface area contributed by atoms with Crippen molar-refractivity contribution in [3.8, 4) is 5.69 Å². The lowest BCUT2D eigenvalue weighted by Crippen LogP contribution is -2.46. The zero-order valence-corrected chi connectivity index (χ0v) is 23.9. The predicted molar refractivity (Wildman–Crippen MR) is 158 cm³/mol. The molecule has 1 aliphatic carbocycles. The van der Waals surface area contributed by atoms with Gasteiger partial charge in [-0.25, -0.2) is 4.68 Å². The Kier molecular flexibility index (Phi) is 7.15. The third-order valence-corrected chi connectivity index (χ3v) is 10.2. The van der Waals surface area contributed by atoms with Gasteiger partial charge in [0.1, 0.15) is 0 Å². The lowest BCUT2D eigenvalue weighted by Gasteiger charge is -2.39. The van der Waals surface area contributed by atoms with Gasteiger partial charge >= 0.3 is 0 Å². The number of carbonyl (C=O) groups excluding carboxylic acids is 2. The van der Waals surface area contributed by atoms with E-state index in [4.69, 9.17) is 0 Å². The second-order valence-corrected chi connectivity index (χ2v) is 12.9. The predicted octanol–water partition coefficient (Wildman–Crippen LogP) is 4.73. The highest BCUT2D eigenvalue weighted by atomic mass is 16.2. The fraction of sp³-hybridized carbons (Fsp3) is 0.500. The lowest BCUT2D eigenvalue weighted by atomic mass is 9.76. The van der Waals surface area contributed by atoms with Gasteiger partial charge in [0.25, 0.3) is 0 Å². The van der Waals surface area contributed by atoms with Crippen LogP contribution < -0.4 is 0 Å². The summed E-state index contributed by atoms with van der Waals surface area (Å²) in [7, 11) is 0. The number of carbonyl (C=O) groups is 2. The highest BCUT2D eigenvalue weighted by Crippen LogP contribution is 2.43. The van der Waals surface area contributed by atoms with Gasteiger partial charge in [-0.05, 0) is 86.4 Å². The molecule has 4 fully saturated rings. The average molecular weight is 552 g/mol. The molecule has 7 nitrogen and oxygen atoms in total. The highest BCUT2D eigenvalue weighted by Gasteiger charge is 2.48. The molecule has 3 saturated heterocycles. The van der Waals surface area contributed by atoms with Gasteiger partial charge in [-0.3, -0.25) is 9.59 Å². The molecule has 4 aliphatic rings. The van der Waals surface area contributed by atoms with E-state index >= 15 is 0 Å². The quantitative estimate of drug-likeness (QED) is 0.406. The Balaban J connectivity index is 0.957. The second kappa shape index (κ2) is 11.1. The van der Waals surface area contributed by atoms with Gasteiger partial charge in [-0.2, -0.15) is 5.10 Å². The van der Waals surface area contributed by atoms with Gasteiger partial charge in [0.05, 0.1) is 11.1 Å². The summed E-state index contributed by atoms with van der Waals surface area (Å²) >= 11 is 0. The van der Waals surface area contributed by atoms with Crippen LogP contribution in [0.5, 0.6) is 0 Å². The van der Waals surface area contributed by atoms with Crippen LogP contribution in [0.2, 0.25) is 0 Å². The molecule has 41 heavy (non-hydrogen) atoms. The zero-order valence-electron chi connectivity index (χ0n) is 23.9. The Bertz CT molecular complexity index is 1340. The molecule has 2 amide bonds. The first-order valence-corrected chi connectivity index (χ1v) is 15.5. The van der Waals surface area contributed by atoms with Crippen LogP contribution in [0.1, 0.15) is 55.6 Å². The van der Waals surface area contributed by atoms with Gasteiger partial charge in [0.2, 0.25) is 11.8 Å². The molecule has 214 valence electrons. The third-order valence-electron chi connectivity index (χ3n) is 10.2. The van der Waals surface area contributed by atoms with Crippen molar-refractivity contribution in [1.82, 2.24) is 24.5 Å². The van der Waals surface area contributed by atoms with E-state index in [0.717, 1.165) is 76.2 Å². The van der Waals surface area contributed by atoms with Crippen molar-refractivity contribution < 1.29 is 9.59 Å². The summed E-state index contributed by atoms with van der Waals surface area (Å²) in [4.78, 5) is 33.5. The number of nitrogens with zero attached hydrogens (tertiary/aromatic N) is 5. The average Bonchev–Trinajstić information content (AvgIpc) is 3.36. The van der Waals surface area contributed by atoms with Crippen molar-refractivity contribution in [2.75, 3.05) is 39.3 Å². The Morgan fingerprint density at radius 3 is 2.37 bits per heavy atom. The Hall–Kier alpha value is -3.45. The molecule has 1 saturated carbocycles. The summed E-state index contributed by atoms with van der Waals surface area (Å²) in [5, 5.41) is 4.30. The molecule has 4 heterocycles. The van der Waals surface area contributed by atoms with Crippen LogP contribution in [-0.2, 0) is 16.1 Å². The molecule has 2 aromatic carbocycles. The smallest absolute Gasteiger partial charge is 0.229 e. The van der Waals surface area contributed by atoms with E-state index in [0.29, 0.717) is 36.1 Å². The van der Waals surface area contributed by atoms with Crippen LogP contribution in [0, 0.1) is 17.3 Å².